The first-order valence-corrected chi connectivity index (χ1v) is 13.7. The summed E-state index contributed by atoms with van der Waals surface area (Å²) in [5, 5.41) is 4.19. The van der Waals surface area contributed by atoms with Crippen LogP contribution in [0, 0.1) is 0 Å². The number of nitrogens with one attached hydrogen (secondary N) is 1. The maximum atomic E-state index is 13.1. The molecule has 1 unspecified atom stereocenters. The average molecular weight is 505 g/mol. The molecule has 6 rings (SSSR count). The van der Waals surface area contributed by atoms with Gasteiger partial charge in [0.25, 0.3) is 5.91 Å². The van der Waals surface area contributed by atoms with E-state index in [1.165, 1.54) is 16.7 Å². The Kier molecular flexibility index (Phi) is 6.74. The second kappa shape index (κ2) is 10.6. The maximum absolute atomic E-state index is 13.1. The van der Waals surface area contributed by atoms with E-state index in [2.05, 4.69) is 63.4 Å². The van der Waals surface area contributed by atoms with Crippen molar-refractivity contribution in [1.82, 2.24) is 19.9 Å². The van der Waals surface area contributed by atoms with Crippen molar-refractivity contribution < 1.29 is 4.79 Å². The van der Waals surface area contributed by atoms with Crippen molar-refractivity contribution in [3.63, 3.8) is 0 Å². The van der Waals surface area contributed by atoms with Gasteiger partial charge in [0.2, 0.25) is 0 Å². The lowest BCUT2D eigenvalue weighted by atomic mass is 9.87. The first-order chi connectivity index (χ1) is 18.2. The van der Waals surface area contributed by atoms with Crippen LogP contribution in [0.4, 0.5) is 0 Å². The van der Waals surface area contributed by atoms with Gasteiger partial charge in [-0.05, 0) is 65.8 Å². The predicted octanol–water partition coefficient (Wildman–Crippen LogP) is 6.58. The minimum absolute atomic E-state index is 0.0258. The SMILES string of the molecule is O=C(NC1CCCc2ccccc21)c1ccc(Cn2c(SCc3ccccc3)nc3cccnc32)cc1. The summed E-state index contributed by atoms with van der Waals surface area (Å²) in [5.41, 5.74) is 7.40. The van der Waals surface area contributed by atoms with E-state index in [-0.39, 0.29) is 11.9 Å². The summed E-state index contributed by atoms with van der Waals surface area (Å²) in [6, 6.07) is 30.8. The quantitative estimate of drug-likeness (QED) is 0.254. The molecule has 1 aliphatic rings. The van der Waals surface area contributed by atoms with Crippen LogP contribution in [-0.4, -0.2) is 20.4 Å². The predicted molar refractivity (Wildman–Crippen MR) is 149 cm³/mol. The largest absolute Gasteiger partial charge is 0.345 e. The molecule has 2 heterocycles. The van der Waals surface area contributed by atoms with Gasteiger partial charge in [-0.1, -0.05) is 78.5 Å². The Bertz CT molecular complexity index is 1530. The van der Waals surface area contributed by atoms with Gasteiger partial charge < -0.3 is 5.32 Å². The minimum atomic E-state index is -0.0258. The highest BCUT2D eigenvalue weighted by Gasteiger charge is 2.22. The third kappa shape index (κ3) is 5.16. The second-order valence-corrected chi connectivity index (χ2v) is 10.4. The van der Waals surface area contributed by atoms with E-state index in [1.54, 1.807) is 11.8 Å². The lowest BCUT2D eigenvalue weighted by Crippen LogP contribution is -2.30. The van der Waals surface area contributed by atoms with Crippen molar-refractivity contribution in [3.05, 3.63) is 125 Å². The van der Waals surface area contributed by atoms with Gasteiger partial charge in [0, 0.05) is 17.5 Å². The van der Waals surface area contributed by atoms with Crippen molar-refractivity contribution in [3.8, 4) is 0 Å². The highest BCUT2D eigenvalue weighted by atomic mass is 32.2. The Labute approximate surface area is 221 Å². The van der Waals surface area contributed by atoms with Crippen molar-refractivity contribution in [2.45, 2.75) is 42.8 Å². The number of aryl methyl sites for hydroxylation is 1. The summed E-state index contributed by atoms with van der Waals surface area (Å²) in [6.07, 6.45) is 4.97. The van der Waals surface area contributed by atoms with Crippen LogP contribution < -0.4 is 5.32 Å². The van der Waals surface area contributed by atoms with Gasteiger partial charge >= 0.3 is 0 Å². The number of carbonyl (C=O) groups excluding carboxylic acids is 1. The van der Waals surface area contributed by atoms with E-state index in [4.69, 9.17) is 4.98 Å². The van der Waals surface area contributed by atoms with E-state index in [1.807, 2.05) is 48.7 Å². The highest BCUT2D eigenvalue weighted by Crippen LogP contribution is 2.30. The number of imidazole rings is 1. The monoisotopic (exact) mass is 504 g/mol. The molecule has 1 amide bonds. The number of carbonyl (C=O) groups is 1. The molecule has 5 aromatic rings. The third-order valence-corrected chi connectivity index (χ3v) is 7.96. The third-order valence-electron chi connectivity index (χ3n) is 6.91. The minimum Gasteiger partial charge on any atom is -0.345 e. The van der Waals surface area contributed by atoms with E-state index in [0.29, 0.717) is 12.1 Å². The van der Waals surface area contributed by atoms with Crippen LogP contribution in [0.25, 0.3) is 11.2 Å². The molecule has 1 atom stereocenters. The van der Waals surface area contributed by atoms with Gasteiger partial charge in [0.15, 0.2) is 10.8 Å². The number of thioether (sulfide) groups is 1. The molecule has 6 heteroatoms. The number of hydrogen-bond donors (Lipinski definition) is 1. The van der Waals surface area contributed by atoms with Crippen molar-refractivity contribution >= 4 is 28.8 Å². The first-order valence-electron chi connectivity index (χ1n) is 12.7. The number of hydrogen-bond acceptors (Lipinski definition) is 4. The molecule has 0 aliphatic heterocycles. The number of fused-ring (bicyclic) bond motifs is 2. The molecule has 0 radical (unpaired) electrons. The Balaban J connectivity index is 1.19. The van der Waals surface area contributed by atoms with Crippen LogP contribution in [0.5, 0.6) is 0 Å². The Morgan fingerprint density at radius 2 is 1.73 bits per heavy atom. The topological polar surface area (TPSA) is 59.8 Å². The van der Waals surface area contributed by atoms with Crippen molar-refractivity contribution in [2.75, 3.05) is 0 Å². The number of nitrogens with zero attached hydrogens (tertiary/aromatic N) is 3. The molecule has 2 aromatic heterocycles. The molecular weight excluding hydrogens is 476 g/mol. The number of aromatic nitrogens is 3. The fraction of sp³-hybridized carbons (Fsp3) is 0.194. The first kappa shape index (κ1) is 23.5. The van der Waals surface area contributed by atoms with Crippen LogP contribution in [0.15, 0.2) is 102 Å². The van der Waals surface area contributed by atoms with Gasteiger partial charge in [-0.2, -0.15) is 0 Å². The lowest BCUT2D eigenvalue weighted by molar-refractivity contribution is 0.0932. The number of benzene rings is 3. The van der Waals surface area contributed by atoms with Crippen LogP contribution in [0.2, 0.25) is 0 Å². The maximum Gasteiger partial charge on any atom is 0.251 e. The second-order valence-electron chi connectivity index (χ2n) is 9.41. The normalized spacial score (nSPS) is 14.9. The molecule has 0 fully saturated rings. The number of pyridine rings is 1. The zero-order valence-corrected chi connectivity index (χ0v) is 21.3. The average Bonchev–Trinajstić information content (AvgIpc) is 3.30. The molecule has 0 spiro atoms. The highest BCUT2D eigenvalue weighted by molar-refractivity contribution is 7.98. The van der Waals surface area contributed by atoms with E-state index in [0.717, 1.165) is 46.9 Å². The van der Waals surface area contributed by atoms with Crippen molar-refractivity contribution in [2.24, 2.45) is 0 Å². The molecule has 0 bridgehead atoms. The molecule has 37 heavy (non-hydrogen) atoms. The molecule has 5 nitrogen and oxygen atoms in total. The zero-order chi connectivity index (χ0) is 25.0. The molecule has 1 N–H and O–H groups in total. The van der Waals surface area contributed by atoms with Gasteiger partial charge in [-0.25, -0.2) is 9.97 Å². The Hall–Kier alpha value is -3.90. The molecule has 184 valence electrons. The smallest absolute Gasteiger partial charge is 0.251 e. The summed E-state index contributed by atoms with van der Waals surface area (Å²) in [6.45, 7) is 0.641. The van der Waals surface area contributed by atoms with Gasteiger partial charge in [0.1, 0.15) is 5.52 Å². The zero-order valence-electron chi connectivity index (χ0n) is 20.5. The molecular formula is C31H28N4OS. The molecule has 1 aliphatic carbocycles. The van der Waals surface area contributed by atoms with Crippen LogP contribution in [0.3, 0.4) is 0 Å². The summed E-state index contributed by atoms with van der Waals surface area (Å²) in [7, 11) is 0. The summed E-state index contributed by atoms with van der Waals surface area (Å²) in [5.74, 6) is 0.815. The number of amides is 1. The Morgan fingerprint density at radius 1 is 0.919 bits per heavy atom. The van der Waals surface area contributed by atoms with Crippen LogP contribution in [0.1, 0.15) is 51.5 Å². The van der Waals surface area contributed by atoms with Gasteiger partial charge in [-0.3, -0.25) is 9.36 Å². The summed E-state index contributed by atoms with van der Waals surface area (Å²) in [4.78, 5) is 22.5. The lowest BCUT2D eigenvalue weighted by Gasteiger charge is -2.26. The summed E-state index contributed by atoms with van der Waals surface area (Å²) >= 11 is 1.71. The van der Waals surface area contributed by atoms with Crippen LogP contribution >= 0.6 is 11.8 Å². The Morgan fingerprint density at radius 3 is 2.59 bits per heavy atom. The van der Waals surface area contributed by atoms with Crippen LogP contribution in [-0.2, 0) is 18.7 Å². The van der Waals surface area contributed by atoms with E-state index < -0.39 is 0 Å². The van der Waals surface area contributed by atoms with Gasteiger partial charge in [-0.15, -0.1) is 0 Å². The van der Waals surface area contributed by atoms with E-state index in [9.17, 15) is 4.79 Å². The molecule has 0 saturated carbocycles. The van der Waals surface area contributed by atoms with Gasteiger partial charge in [0.05, 0.1) is 12.6 Å². The standard InChI is InChI=1S/C31H28N4OS/c36-30(33-27-13-6-11-24-10-4-5-12-26(24)27)25-17-15-22(16-18-25)20-35-29-28(14-7-19-32-29)34-31(35)37-21-23-8-2-1-3-9-23/h1-5,7-10,12,14-19,27H,6,11,13,20-21H2,(H,33,36). The van der Waals surface area contributed by atoms with Crippen molar-refractivity contribution in [1.29, 1.82) is 0 Å². The number of rotatable bonds is 7. The van der Waals surface area contributed by atoms with E-state index >= 15 is 0 Å². The fourth-order valence-electron chi connectivity index (χ4n) is 5.00. The molecule has 3 aromatic carbocycles. The summed E-state index contributed by atoms with van der Waals surface area (Å²) < 4.78 is 2.16. The molecule has 0 saturated heterocycles. The fourth-order valence-corrected chi connectivity index (χ4v) is 5.96.